The second kappa shape index (κ2) is 6.01. The fraction of sp³-hybridized carbons (Fsp3) is 0.250. The van der Waals surface area contributed by atoms with Gasteiger partial charge in [0.2, 0.25) is 5.67 Å². The van der Waals surface area contributed by atoms with Gasteiger partial charge in [-0.05, 0) is 24.3 Å². The van der Waals surface area contributed by atoms with Crippen LogP contribution in [0.3, 0.4) is 0 Å². The normalized spacial score (nSPS) is 19.5. The minimum Gasteiger partial charge on any atom is -0.307 e. The van der Waals surface area contributed by atoms with E-state index >= 15 is 0 Å². The molecule has 1 aliphatic heterocycles. The molecule has 1 fully saturated rings. The summed E-state index contributed by atoms with van der Waals surface area (Å²) in [5.41, 5.74) is -0.794. The molecule has 120 valence electrons. The molecular formula is C16H13FN6O. The summed E-state index contributed by atoms with van der Waals surface area (Å²) in [4.78, 5) is 17.4. The molecule has 3 rings (SSSR count). The van der Waals surface area contributed by atoms with Crippen LogP contribution in [0.25, 0.3) is 5.69 Å². The van der Waals surface area contributed by atoms with Gasteiger partial charge < -0.3 is 14.8 Å². The first-order chi connectivity index (χ1) is 11.5. The first-order valence-corrected chi connectivity index (χ1v) is 7.24. The molecule has 0 radical (unpaired) electrons. The second-order valence-electron chi connectivity index (χ2n) is 5.52. The number of hydrogen-bond donors (Lipinski definition) is 1. The molecule has 1 aromatic carbocycles. The number of nitriles is 2. The summed E-state index contributed by atoms with van der Waals surface area (Å²) in [7, 11) is 0. The number of nitrogens with zero attached hydrogens (tertiary/aromatic N) is 5. The zero-order chi connectivity index (χ0) is 17.2. The fourth-order valence-electron chi connectivity index (χ4n) is 2.51. The number of carbonyl (C=O) groups excluding carboxylic acids is 1. The van der Waals surface area contributed by atoms with Crippen molar-refractivity contribution in [1.29, 1.82) is 10.5 Å². The molecule has 2 heterocycles. The summed E-state index contributed by atoms with van der Waals surface area (Å²) >= 11 is 0. The van der Waals surface area contributed by atoms with Crippen LogP contribution in [0.1, 0.15) is 12.0 Å². The van der Waals surface area contributed by atoms with E-state index in [1.165, 1.54) is 11.2 Å². The van der Waals surface area contributed by atoms with E-state index in [0.717, 1.165) is 5.69 Å². The van der Waals surface area contributed by atoms with Crippen LogP contribution >= 0.6 is 0 Å². The maximum Gasteiger partial charge on any atom is 0.265 e. The van der Waals surface area contributed by atoms with Gasteiger partial charge in [0.05, 0.1) is 24.4 Å². The lowest BCUT2D eigenvalue weighted by molar-refractivity contribution is -0.126. The number of hydrogen-bond acceptors (Lipinski definition) is 5. The molecule has 1 saturated heterocycles. The van der Waals surface area contributed by atoms with Crippen molar-refractivity contribution in [2.24, 2.45) is 0 Å². The summed E-state index contributed by atoms with van der Waals surface area (Å²) in [6.45, 7) is -0.0221. The summed E-state index contributed by atoms with van der Waals surface area (Å²) in [6, 6.07) is 8.84. The average molecular weight is 324 g/mol. The van der Waals surface area contributed by atoms with Gasteiger partial charge in [-0.25, -0.2) is 9.37 Å². The Morgan fingerprint density at radius 2 is 2.08 bits per heavy atom. The van der Waals surface area contributed by atoms with Gasteiger partial charge in [0.1, 0.15) is 6.33 Å². The van der Waals surface area contributed by atoms with Gasteiger partial charge in [-0.3, -0.25) is 4.79 Å². The zero-order valence-electron chi connectivity index (χ0n) is 12.6. The van der Waals surface area contributed by atoms with E-state index in [9.17, 15) is 9.18 Å². The van der Waals surface area contributed by atoms with Crippen molar-refractivity contribution in [3.8, 4) is 17.9 Å². The van der Waals surface area contributed by atoms with Crippen LogP contribution in [0.4, 0.5) is 10.2 Å². The number of benzene rings is 1. The van der Waals surface area contributed by atoms with Gasteiger partial charge in [0.25, 0.3) is 5.91 Å². The Kier molecular flexibility index (Phi) is 3.88. The number of aromatic nitrogens is 2. The number of rotatable bonds is 3. The maximum atomic E-state index is 14.6. The highest BCUT2D eigenvalue weighted by Crippen LogP contribution is 2.26. The molecule has 1 aliphatic rings. The highest BCUT2D eigenvalue weighted by atomic mass is 19.1. The van der Waals surface area contributed by atoms with E-state index in [1.807, 2.05) is 12.3 Å². The largest absolute Gasteiger partial charge is 0.307 e. The molecule has 7 nitrogen and oxygen atoms in total. The fourth-order valence-corrected chi connectivity index (χ4v) is 2.51. The van der Waals surface area contributed by atoms with Crippen molar-refractivity contribution in [3.63, 3.8) is 0 Å². The molecule has 1 atom stereocenters. The first-order valence-electron chi connectivity index (χ1n) is 7.24. The Bertz CT molecular complexity index is 847. The molecular weight excluding hydrogens is 311 g/mol. The molecule has 1 aromatic heterocycles. The van der Waals surface area contributed by atoms with Crippen molar-refractivity contribution >= 4 is 11.7 Å². The first kappa shape index (κ1) is 15.5. The highest BCUT2D eigenvalue weighted by Gasteiger charge is 2.45. The van der Waals surface area contributed by atoms with E-state index in [4.69, 9.17) is 10.5 Å². The number of amides is 1. The molecule has 0 bridgehead atoms. The van der Waals surface area contributed by atoms with E-state index in [1.54, 1.807) is 35.0 Å². The van der Waals surface area contributed by atoms with E-state index in [-0.39, 0.29) is 25.3 Å². The summed E-state index contributed by atoms with van der Waals surface area (Å²) in [5, 5.41) is 20.0. The van der Waals surface area contributed by atoms with Gasteiger partial charge in [-0.1, -0.05) is 0 Å². The van der Waals surface area contributed by atoms with Crippen LogP contribution in [0.2, 0.25) is 0 Å². The monoisotopic (exact) mass is 324 g/mol. The molecule has 1 amide bonds. The van der Waals surface area contributed by atoms with Crippen molar-refractivity contribution in [2.45, 2.75) is 12.1 Å². The summed E-state index contributed by atoms with van der Waals surface area (Å²) < 4.78 is 16.2. The third kappa shape index (κ3) is 2.90. The molecule has 0 aliphatic carbocycles. The number of imidazole rings is 1. The molecule has 24 heavy (non-hydrogen) atoms. The minimum atomic E-state index is -2.09. The Morgan fingerprint density at radius 3 is 2.71 bits per heavy atom. The number of halogens is 1. The van der Waals surface area contributed by atoms with Crippen molar-refractivity contribution in [2.75, 3.05) is 18.4 Å². The summed E-state index contributed by atoms with van der Waals surface area (Å²) in [5.74, 6) is -0.581. The lowest BCUT2D eigenvalue weighted by Gasteiger charge is -2.16. The van der Waals surface area contributed by atoms with Crippen LogP contribution in [0.15, 0.2) is 36.8 Å². The average Bonchev–Trinajstić information content (AvgIpc) is 3.22. The molecule has 1 N–H and O–H groups in total. The number of alkyl halides is 1. The van der Waals surface area contributed by atoms with Gasteiger partial charge in [0, 0.05) is 18.7 Å². The van der Waals surface area contributed by atoms with Crippen LogP contribution in [0.5, 0.6) is 0 Å². The standard InChI is InChI=1S/C16H13FN6O/c17-16(5-6-22(9-16)10-19)15(24)21-14-8-23(11-20-14)13-3-1-12(7-18)2-4-13/h1-4,8,11H,5-6,9H2,(H,21,24). The number of anilines is 1. The Balaban J connectivity index is 1.71. The number of nitrogens with one attached hydrogen (secondary N) is 1. The van der Waals surface area contributed by atoms with Crippen LogP contribution in [0, 0.1) is 22.8 Å². The second-order valence-corrected chi connectivity index (χ2v) is 5.52. The van der Waals surface area contributed by atoms with Crippen LogP contribution < -0.4 is 5.32 Å². The Labute approximate surface area is 137 Å². The molecule has 1 unspecified atom stereocenters. The van der Waals surface area contributed by atoms with Gasteiger partial charge in [-0.15, -0.1) is 0 Å². The number of likely N-dealkylation sites (tertiary alicyclic amines) is 1. The van der Waals surface area contributed by atoms with Crippen LogP contribution in [-0.4, -0.2) is 39.1 Å². The quantitative estimate of drug-likeness (QED) is 0.864. The molecule has 0 saturated carbocycles. The van der Waals surface area contributed by atoms with E-state index < -0.39 is 11.6 Å². The third-order valence-corrected chi connectivity index (χ3v) is 3.89. The number of carbonyl (C=O) groups is 1. The Hall–Kier alpha value is -3.39. The van der Waals surface area contributed by atoms with Gasteiger partial charge in [-0.2, -0.15) is 10.5 Å². The van der Waals surface area contributed by atoms with Crippen LogP contribution in [-0.2, 0) is 4.79 Å². The van der Waals surface area contributed by atoms with Crippen molar-refractivity contribution < 1.29 is 9.18 Å². The molecule has 0 spiro atoms. The van der Waals surface area contributed by atoms with Gasteiger partial charge >= 0.3 is 0 Å². The van der Waals surface area contributed by atoms with Gasteiger partial charge in [0.15, 0.2) is 12.0 Å². The molecule has 2 aromatic rings. The lowest BCUT2D eigenvalue weighted by atomic mass is 10.1. The third-order valence-electron chi connectivity index (χ3n) is 3.89. The summed E-state index contributed by atoms with van der Waals surface area (Å²) in [6.07, 6.45) is 4.86. The smallest absolute Gasteiger partial charge is 0.265 e. The van der Waals surface area contributed by atoms with E-state index in [0.29, 0.717) is 5.56 Å². The molecule has 8 heteroatoms. The maximum absolute atomic E-state index is 14.6. The van der Waals surface area contributed by atoms with E-state index in [2.05, 4.69) is 10.3 Å². The minimum absolute atomic E-state index is 0.0251. The SMILES string of the molecule is N#Cc1ccc(-n2cnc(NC(=O)C3(F)CCN(C#N)C3)c2)cc1. The van der Waals surface area contributed by atoms with Crippen molar-refractivity contribution in [3.05, 3.63) is 42.4 Å². The predicted octanol–water partition coefficient (Wildman–Crippen LogP) is 1.58. The topological polar surface area (TPSA) is 97.7 Å². The lowest BCUT2D eigenvalue weighted by Crippen LogP contribution is -2.40. The van der Waals surface area contributed by atoms with Crippen molar-refractivity contribution in [1.82, 2.24) is 14.5 Å². The zero-order valence-corrected chi connectivity index (χ0v) is 12.6. The highest BCUT2D eigenvalue weighted by molar-refractivity contribution is 5.97. The predicted molar refractivity (Wildman–Crippen MR) is 82.6 cm³/mol. The Morgan fingerprint density at radius 1 is 1.33 bits per heavy atom.